The van der Waals surface area contributed by atoms with Gasteiger partial charge in [0.25, 0.3) is 5.91 Å². The molecule has 0 saturated carbocycles. The maximum absolute atomic E-state index is 12.0. The van der Waals surface area contributed by atoms with E-state index in [9.17, 15) is 4.79 Å². The summed E-state index contributed by atoms with van der Waals surface area (Å²) in [5.74, 6) is 0.0753. The van der Waals surface area contributed by atoms with Crippen molar-refractivity contribution in [3.63, 3.8) is 0 Å². The van der Waals surface area contributed by atoms with Crippen LogP contribution >= 0.6 is 12.2 Å². The third kappa shape index (κ3) is 3.94. The molecular weight excluding hydrogens is 236 g/mol. The molecule has 1 atom stereocenters. The fourth-order valence-electron chi connectivity index (χ4n) is 1.56. The van der Waals surface area contributed by atoms with E-state index in [0.29, 0.717) is 16.6 Å². The standard InChI is InChI=1S/C12H18N2O2S/c1-8(2)10(5-7-15)14-11(16)9-4-3-6-13-12(9)17/h3-4,6,8,10,15H,5,7H2,1-2H3,(H,13,17)(H,14,16). The molecule has 0 radical (unpaired) electrons. The minimum absolute atomic E-state index is 0.0397. The Morgan fingerprint density at radius 3 is 2.82 bits per heavy atom. The maximum atomic E-state index is 12.0. The molecule has 4 nitrogen and oxygen atoms in total. The minimum atomic E-state index is -0.195. The van der Waals surface area contributed by atoms with Gasteiger partial charge in [0, 0.05) is 18.8 Å². The first-order chi connectivity index (χ1) is 8.06. The summed E-state index contributed by atoms with van der Waals surface area (Å²) in [6.45, 7) is 4.07. The zero-order chi connectivity index (χ0) is 12.8. The Hall–Kier alpha value is -1.20. The number of carbonyl (C=O) groups is 1. The zero-order valence-electron chi connectivity index (χ0n) is 10.1. The molecule has 1 aromatic rings. The molecule has 0 spiro atoms. The lowest BCUT2D eigenvalue weighted by Gasteiger charge is -2.21. The van der Waals surface area contributed by atoms with E-state index < -0.39 is 0 Å². The molecule has 0 aliphatic carbocycles. The van der Waals surface area contributed by atoms with Crippen molar-refractivity contribution in [2.75, 3.05) is 6.61 Å². The summed E-state index contributed by atoms with van der Waals surface area (Å²) in [5, 5.41) is 11.8. The average molecular weight is 254 g/mol. The van der Waals surface area contributed by atoms with Crippen LogP contribution < -0.4 is 5.32 Å². The summed E-state index contributed by atoms with van der Waals surface area (Å²) in [6, 6.07) is 3.38. The second-order valence-corrected chi connectivity index (χ2v) is 4.66. The lowest BCUT2D eigenvalue weighted by atomic mass is 10.0. The van der Waals surface area contributed by atoms with Gasteiger partial charge in [-0.2, -0.15) is 0 Å². The summed E-state index contributed by atoms with van der Waals surface area (Å²) in [5.41, 5.74) is 0.464. The molecule has 0 aliphatic rings. The Labute approximate surface area is 106 Å². The predicted octanol–water partition coefficient (Wildman–Crippen LogP) is 1.88. The van der Waals surface area contributed by atoms with Gasteiger partial charge in [0.1, 0.15) is 4.64 Å². The summed E-state index contributed by atoms with van der Waals surface area (Å²) >= 11 is 5.05. The Morgan fingerprint density at radius 2 is 2.29 bits per heavy atom. The second-order valence-electron chi connectivity index (χ2n) is 4.25. The molecule has 0 aliphatic heterocycles. The molecule has 0 fully saturated rings. The van der Waals surface area contributed by atoms with Crippen LogP contribution in [0.15, 0.2) is 18.3 Å². The lowest BCUT2D eigenvalue weighted by molar-refractivity contribution is 0.0915. The minimum Gasteiger partial charge on any atom is -0.396 e. The second kappa shape index (κ2) is 6.51. The highest BCUT2D eigenvalue weighted by Gasteiger charge is 2.17. The number of amides is 1. The molecule has 1 aromatic heterocycles. The third-order valence-electron chi connectivity index (χ3n) is 2.62. The van der Waals surface area contributed by atoms with Crippen LogP contribution in [0.5, 0.6) is 0 Å². The number of hydrogen-bond acceptors (Lipinski definition) is 3. The van der Waals surface area contributed by atoms with Crippen molar-refractivity contribution in [1.29, 1.82) is 0 Å². The highest BCUT2D eigenvalue weighted by Crippen LogP contribution is 2.08. The molecule has 3 N–H and O–H groups in total. The fraction of sp³-hybridized carbons (Fsp3) is 0.500. The number of nitrogens with one attached hydrogen (secondary N) is 2. The number of hydrogen-bond donors (Lipinski definition) is 3. The first-order valence-corrected chi connectivity index (χ1v) is 6.06. The van der Waals surface area contributed by atoms with Gasteiger partial charge in [-0.3, -0.25) is 4.79 Å². The first kappa shape index (κ1) is 13.9. The van der Waals surface area contributed by atoms with E-state index in [1.54, 1.807) is 18.3 Å². The van der Waals surface area contributed by atoms with Crippen LogP contribution in [0.3, 0.4) is 0 Å². The van der Waals surface area contributed by atoms with Gasteiger partial charge in [-0.1, -0.05) is 26.1 Å². The van der Waals surface area contributed by atoms with Crippen molar-refractivity contribution in [1.82, 2.24) is 10.3 Å². The third-order valence-corrected chi connectivity index (χ3v) is 2.96. The zero-order valence-corrected chi connectivity index (χ0v) is 10.9. The van der Waals surface area contributed by atoms with Crippen molar-refractivity contribution >= 4 is 18.1 Å². The molecule has 94 valence electrons. The van der Waals surface area contributed by atoms with Crippen LogP contribution in [-0.2, 0) is 0 Å². The van der Waals surface area contributed by atoms with Gasteiger partial charge in [-0.05, 0) is 24.5 Å². The smallest absolute Gasteiger partial charge is 0.254 e. The summed E-state index contributed by atoms with van der Waals surface area (Å²) < 4.78 is 0.427. The van der Waals surface area contributed by atoms with Gasteiger partial charge in [-0.15, -0.1) is 0 Å². The Balaban J connectivity index is 2.78. The quantitative estimate of drug-likeness (QED) is 0.703. The first-order valence-electron chi connectivity index (χ1n) is 5.65. The molecular formula is C12H18N2O2S. The van der Waals surface area contributed by atoms with Crippen molar-refractivity contribution in [3.8, 4) is 0 Å². The van der Waals surface area contributed by atoms with Gasteiger partial charge >= 0.3 is 0 Å². The monoisotopic (exact) mass is 254 g/mol. The topological polar surface area (TPSA) is 65.1 Å². The van der Waals surface area contributed by atoms with Crippen LogP contribution in [0.1, 0.15) is 30.6 Å². The van der Waals surface area contributed by atoms with E-state index in [-0.39, 0.29) is 24.5 Å². The van der Waals surface area contributed by atoms with E-state index in [0.717, 1.165) is 0 Å². The molecule has 1 heterocycles. The molecule has 1 unspecified atom stereocenters. The van der Waals surface area contributed by atoms with Crippen LogP contribution in [0.2, 0.25) is 0 Å². The Kier molecular flexibility index (Phi) is 5.31. The van der Waals surface area contributed by atoms with Crippen LogP contribution in [0.4, 0.5) is 0 Å². The lowest BCUT2D eigenvalue weighted by Crippen LogP contribution is -2.39. The van der Waals surface area contributed by atoms with E-state index in [2.05, 4.69) is 10.3 Å². The number of pyridine rings is 1. The highest BCUT2D eigenvalue weighted by molar-refractivity contribution is 7.71. The summed E-state index contributed by atoms with van der Waals surface area (Å²) in [4.78, 5) is 14.8. The van der Waals surface area contributed by atoms with Gasteiger partial charge in [0.05, 0.1) is 5.56 Å². The van der Waals surface area contributed by atoms with Crippen molar-refractivity contribution < 1.29 is 9.90 Å². The normalized spacial score (nSPS) is 12.5. The molecule has 1 amide bonds. The van der Waals surface area contributed by atoms with Crippen molar-refractivity contribution in [3.05, 3.63) is 28.5 Å². The number of rotatable bonds is 5. The number of carbonyl (C=O) groups excluding carboxylic acids is 1. The van der Waals surface area contributed by atoms with Crippen LogP contribution in [0, 0.1) is 10.6 Å². The van der Waals surface area contributed by atoms with E-state index in [1.807, 2.05) is 13.8 Å². The Morgan fingerprint density at radius 1 is 1.59 bits per heavy atom. The molecule has 17 heavy (non-hydrogen) atoms. The van der Waals surface area contributed by atoms with Gasteiger partial charge in [0.15, 0.2) is 0 Å². The number of aromatic nitrogens is 1. The molecule has 0 aromatic carbocycles. The van der Waals surface area contributed by atoms with E-state index in [4.69, 9.17) is 17.3 Å². The average Bonchev–Trinajstić information content (AvgIpc) is 2.28. The SMILES string of the molecule is CC(C)C(CCO)NC(=O)c1ccc[nH]c1=S. The number of aromatic amines is 1. The molecule has 0 bridgehead atoms. The Bertz CT molecular complexity index is 429. The predicted molar refractivity (Wildman–Crippen MR) is 69.4 cm³/mol. The van der Waals surface area contributed by atoms with Crippen LogP contribution in [-0.4, -0.2) is 28.6 Å². The molecule has 1 rings (SSSR count). The highest BCUT2D eigenvalue weighted by atomic mass is 32.1. The molecule has 0 saturated heterocycles. The molecule has 5 heteroatoms. The fourth-order valence-corrected chi connectivity index (χ4v) is 1.79. The maximum Gasteiger partial charge on any atom is 0.254 e. The largest absolute Gasteiger partial charge is 0.396 e. The van der Waals surface area contributed by atoms with E-state index >= 15 is 0 Å². The number of H-pyrrole nitrogens is 1. The number of aliphatic hydroxyl groups is 1. The van der Waals surface area contributed by atoms with Crippen molar-refractivity contribution in [2.24, 2.45) is 5.92 Å². The number of aliphatic hydroxyl groups excluding tert-OH is 1. The van der Waals surface area contributed by atoms with Crippen LogP contribution in [0.25, 0.3) is 0 Å². The van der Waals surface area contributed by atoms with Crippen molar-refractivity contribution in [2.45, 2.75) is 26.3 Å². The van der Waals surface area contributed by atoms with E-state index in [1.165, 1.54) is 0 Å². The summed E-state index contributed by atoms with van der Waals surface area (Å²) in [7, 11) is 0. The summed E-state index contributed by atoms with van der Waals surface area (Å²) in [6.07, 6.45) is 2.24. The van der Waals surface area contributed by atoms with Gasteiger partial charge in [-0.25, -0.2) is 0 Å². The van der Waals surface area contributed by atoms with Gasteiger partial charge < -0.3 is 15.4 Å². The van der Waals surface area contributed by atoms with Gasteiger partial charge in [0.2, 0.25) is 0 Å².